The third-order valence-electron chi connectivity index (χ3n) is 7.21. The SMILES string of the molecule is C#C/C=C(\C=C/CN(C1=CC=CCC1)c1cccc(C)c1)c1ccc(N(c2ccccc2)c2cccc(C)c2)cc1. The number of hydrogen-bond acceptors (Lipinski definition) is 2. The van der Waals surface area contributed by atoms with Crippen LogP contribution in [0.3, 0.4) is 0 Å². The van der Waals surface area contributed by atoms with Crippen molar-refractivity contribution in [3.8, 4) is 12.3 Å². The second kappa shape index (κ2) is 13.4. The molecule has 0 N–H and O–H groups in total. The second-order valence-corrected chi connectivity index (χ2v) is 10.3. The van der Waals surface area contributed by atoms with E-state index in [4.69, 9.17) is 6.42 Å². The van der Waals surface area contributed by atoms with Crippen LogP contribution in [0, 0.1) is 26.2 Å². The van der Waals surface area contributed by atoms with Crippen LogP contribution < -0.4 is 9.80 Å². The lowest BCUT2D eigenvalue weighted by Gasteiger charge is -2.28. The van der Waals surface area contributed by atoms with Crippen LogP contribution in [0.2, 0.25) is 0 Å². The Kier molecular flexibility index (Phi) is 8.99. The van der Waals surface area contributed by atoms with E-state index in [1.165, 1.54) is 22.5 Å². The van der Waals surface area contributed by atoms with Crippen molar-refractivity contribution in [1.82, 2.24) is 0 Å². The van der Waals surface area contributed by atoms with Gasteiger partial charge in [-0.2, -0.15) is 0 Å². The van der Waals surface area contributed by atoms with Crippen LogP contribution in [0.25, 0.3) is 5.57 Å². The molecule has 5 rings (SSSR count). The molecule has 0 heterocycles. The van der Waals surface area contributed by atoms with Gasteiger partial charge in [-0.25, -0.2) is 0 Å². The van der Waals surface area contributed by atoms with Crippen LogP contribution in [0.1, 0.15) is 29.5 Å². The lowest BCUT2D eigenvalue weighted by atomic mass is 10.0. The number of anilines is 4. The van der Waals surface area contributed by atoms with E-state index in [1.807, 2.05) is 12.1 Å². The van der Waals surface area contributed by atoms with E-state index in [2.05, 4.69) is 157 Å². The number of nitrogens with zero attached hydrogens (tertiary/aromatic N) is 2. The molecule has 0 bridgehead atoms. The van der Waals surface area contributed by atoms with Gasteiger partial charge in [-0.1, -0.05) is 84.8 Å². The largest absolute Gasteiger partial charge is 0.341 e. The molecule has 0 aliphatic heterocycles. The molecule has 0 spiro atoms. The molecule has 0 aromatic heterocycles. The van der Waals surface area contributed by atoms with Gasteiger partial charge >= 0.3 is 0 Å². The Morgan fingerprint density at radius 1 is 0.780 bits per heavy atom. The molecule has 1 aliphatic carbocycles. The van der Waals surface area contributed by atoms with Gasteiger partial charge in [-0.05, 0) is 110 Å². The van der Waals surface area contributed by atoms with Gasteiger partial charge in [-0.15, -0.1) is 6.42 Å². The van der Waals surface area contributed by atoms with Crippen LogP contribution in [-0.2, 0) is 0 Å². The summed E-state index contributed by atoms with van der Waals surface area (Å²) in [6, 6.07) is 36.4. The summed E-state index contributed by atoms with van der Waals surface area (Å²) in [6.45, 7) is 5.03. The van der Waals surface area contributed by atoms with Crippen LogP contribution >= 0.6 is 0 Å². The molecule has 0 atom stereocenters. The summed E-state index contributed by atoms with van der Waals surface area (Å²) in [4.78, 5) is 4.67. The maximum absolute atomic E-state index is 5.77. The van der Waals surface area contributed by atoms with Gasteiger partial charge in [0, 0.05) is 35.0 Å². The van der Waals surface area contributed by atoms with Crippen molar-refractivity contribution in [1.29, 1.82) is 0 Å². The van der Waals surface area contributed by atoms with Gasteiger partial charge in [-0.3, -0.25) is 0 Å². The summed E-state index contributed by atoms with van der Waals surface area (Å²) in [5.74, 6) is 2.74. The van der Waals surface area contributed by atoms with Crippen LogP contribution in [0.5, 0.6) is 0 Å². The monoisotopic (exact) mass is 532 g/mol. The standard InChI is InChI=1S/C39H36N2/c1-4-14-33(17-13-28-40(35-18-7-5-8-19-35)38-22-11-15-31(2)29-38)34-24-26-37(27-25-34)41(36-20-9-6-10-21-36)39-23-12-16-32(3)30-39/h1,5-7,9-18,20-27,29-30H,8,19,28H2,2-3H3/b17-13-,33-14+. The summed E-state index contributed by atoms with van der Waals surface area (Å²) < 4.78 is 0. The molecule has 0 radical (unpaired) electrons. The Labute approximate surface area is 245 Å². The van der Waals surface area contributed by atoms with Gasteiger partial charge in [0.2, 0.25) is 0 Å². The van der Waals surface area contributed by atoms with Crippen molar-refractivity contribution in [3.05, 3.63) is 162 Å². The Balaban J connectivity index is 1.41. The van der Waals surface area contributed by atoms with Crippen molar-refractivity contribution < 1.29 is 0 Å². The number of benzene rings is 4. The van der Waals surface area contributed by atoms with E-state index in [0.717, 1.165) is 47.6 Å². The molecule has 2 nitrogen and oxygen atoms in total. The van der Waals surface area contributed by atoms with E-state index in [1.54, 1.807) is 0 Å². The highest BCUT2D eigenvalue weighted by atomic mass is 15.1. The average molecular weight is 533 g/mol. The van der Waals surface area contributed by atoms with Crippen molar-refractivity contribution in [2.45, 2.75) is 26.7 Å². The average Bonchev–Trinajstić information content (AvgIpc) is 3.00. The molecule has 0 saturated carbocycles. The molecule has 4 aromatic rings. The van der Waals surface area contributed by atoms with E-state index in [9.17, 15) is 0 Å². The summed E-state index contributed by atoms with van der Waals surface area (Å²) in [5.41, 5.74) is 10.5. The molecule has 41 heavy (non-hydrogen) atoms. The van der Waals surface area contributed by atoms with Gasteiger partial charge < -0.3 is 9.80 Å². The minimum absolute atomic E-state index is 0.762. The van der Waals surface area contributed by atoms with Crippen molar-refractivity contribution in [2.75, 3.05) is 16.3 Å². The molecule has 0 fully saturated rings. The highest BCUT2D eigenvalue weighted by molar-refractivity contribution is 5.80. The zero-order chi connectivity index (χ0) is 28.4. The predicted octanol–water partition coefficient (Wildman–Crippen LogP) is 10.1. The van der Waals surface area contributed by atoms with Crippen molar-refractivity contribution in [2.24, 2.45) is 0 Å². The van der Waals surface area contributed by atoms with Gasteiger partial charge in [0.25, 0.3) is 0 Å². The fraction of sp³-hybridized carbons (Fsp3) is 0.128. The number of para-hydroxylation sites is 1. The number of rotatable bonds is 9. The number of aryl methyl sites for hydroxylation is 2. The number of terminal acetylenes is 1. The second-order valence-electron chi connectivity index (χ2n) is 10.3. The molecule has 2 heteroatoms. The van der Waals surface area contributed by atoms with Crippen LogP contribution in [0.15, 0.2) is 145 Å². The fourth-order valence-electron chi connectivity index (χ4n) is 5.20. The quantitative estimate of drug-likeness (QED) is 0.156. The summed E-state index contributed by atoms with van der Waals surface area (Å²) in [7, 11) is 0. The number of hydrogen-bond donors (Lipinski definition) is 0. The van der Waals surface area contributed by atoms with E-state index < -0.39 is 0 Å². The van der Waals surface area contributed by atoms with Gasteiger partial charge in [0.15, 0.2) is 0 Å². The first-order chi connectivity index (χ1) is 20.1. The molecule has 0 unspecified atom stereocenters. The maximum atomic E-state index is 5.77. The van der Waals surface area contributed by atoms with Crippen molar-refractivity contribution >= 4 is 28.3 Å². The summed E-state index contributed by atoms with van der Waals surface area (Å²) in [6.07, 6.45) is 20.7. The predicted molar refractivity (Wildman–Crippen MR) is 177 cm³/mol. The zero-order valence-electron chi connectivity index (χ0n) is 23.9. The molecular formula is C39H36N2. The highest BCUT2D eigenvalue weighted by Crippen LogP contribution is 2.35. The molecule has 0 saturated heterocycles. The maximum Gasteiger partial charge on any atom is 0.0464 e. The molecular weight excluding hydrogens is 496 g/mol. The molecule has 4 aromatic carbocycles. The first-order valence-corrected chi connectivity index (χ1v) is 14.2. The normalized spacial score (nSPS) is 13.1. The Morgan fingerprint density at radius 2 is 1.44 bits per heavy atom. The fourth-order valence-corrected chi connectivity index (χ4v) is 5.20. The Hall–Kier alpha value is -5.00. The third kappa shape index (κ3) is 6.96. The zero-order valence-corrected chi connectivity index (χ0v) is 23.9. The van der Waals surface area contributed by atoms with E-state index >= 15 is 0 Å². The van der Waals surface area contributed by atoms with Crippen LogP contribution in [-0.4, -0.2) is 6.54 Å². The Bertz CT molecular complexity index is 1630. The van der Waals surface area contributed by atoms with E-state index in [-0.39, 0.29) is 0 Å². The first-order valence-electron chi connectivity index (χ1n) is 14.2. The Morgan fingerprint density at radius 3 is 2.10 bits per heavy atom. The minimum atomic E-state index is 0.762. The minimum Gasteiger partial charge on any atom is -0.341 e. The van der Waals surface area contributed by atoms with E-state index in [0.29, 0.717) is 0 Å². The van der Waals surface area contributed by atoms with Crippen LogP contribution in [0.4, 0.5) is 22.7 Å². The first kappa shape index (κ1) is 27.6. The lowest BCUT2D eigenvalue weighted by Crippen LogP contribution is -2.23. The number of allylic oxidation sites excluding steroid dienone is 7. The lowest BCUT2D eigenvalue weighted by molar-refractivity contribution is 0.868. The van der Waals surface area contributed by atoms with Gasteiger partial charge in [0.05, 0.1) is 0 Å². The molecule has 0 amide bonds. The molecule has 202 valence electrons. The smallest absolute Gasteiger partial charge is 0.0464 e. The summed E-state index contributed by atoms with van der Waals surface area (Å²) >= 11 is 0. The molecule has 1 aliphatic rings. The third-order valence-corrected chi connectivity index (χ3v) is 7.21. The topological polar surface area (TPSA) is 6.48 Å². The van der Waals surface area contributed by atoms with Gasteiger partial charge in [0.1, 0.15) is 0 Å². The highest BCUT2D eigenvalue weighted by Gasteiger charge is 2.14. The summed E-state index contributed by atoms with van der Waals surface area (Å²) in [5, 5.41) is 0. The van der Waals surface area contributed by atoms with Crippen molar-refractivity contribution in [3.63, 3.8) is 0 Å².